The molecule has 0 spiro atoms. The minimum atomic E-state index is 0.258. The lowest BCUT2D eigenvalue weighted by molar-refractivity contribution is 0.0517. The maximum atomic E-state index is 5.54. The van der Waals surface area contributed by atoms with Crippen LogP contribution in [-0.4, -0.2) is 27.7 Å². The minimum absolute atomic E-state index is 0.258. The van der Waals surface area contributed by atoms with Gasteiger partial charge in [-0.25, -0.2) is 4.98 Å². The molecule has 5 nitrogen and oxygen atoms in total. The Hall–Kier alpha value is -1.72. The highest BCUT2D eigenvalue weighted by atomic mass is 16.5. The van der Waals surface area contributed by atoms with E-state index in [1.165, 1.54) is 11.1 Å². The molecule has 0 amide bonds. The third kappa shape index (κ3) is 3.79. The summed E-state index contributed by atoms with van der Waals surface area (Å²) in [6.07, 6.45) is 9.94. The maximum Gasteiger partial charge on any atom is 0.126 e. The van der Waals surface area contributed by atoms with Gasteiger partial charge in [-0.1, -0.05) is 0 Å². The van der Waals surface area contributed by atoms with Gasteiger partial charge < -0.3 is 14.6 Å². The van der Waals surface area contributed by atoms with E-state index in [2.05, 4.69) is 46.0 Å². The zero-order valence-corrected chi connectivity index (χ0v) is 14.0. The number of pyridine rings is 1. The summed E-state index contributed by atoms with van der Waals surface area (Å²) in [5, 5.41) is 3.74. The van der Waals surface area contributed by atoms with Crippen LogP contribution in [0.15, 0.2) is 30.9 Å². The van der Waals surface area contributed by atoms with Gasteiger partial charge in [0.05, 0.1) is 6.04 Å². The summed E-state index contributed by atoms with van der Waals surface area (Å²) in [6.45, 7) is 7.76. The summed E-state index contributed by atoms with van der Waals surface area (Å²) < 4.78 is 7.78. The molecule has 2 aromatic heterocycles. The first-order chi connectivity index (χ1) is 11.3. The van der Waals surface area contributed by atoms with E-state index >= 15 is 0 Å². The van der Waals surface area contributed by atoms with Crippen LogP contribution in [0.5, 0.6) is 0 Å². The van der Waals surface area contributed by atoms with Gasteiger partial charge in [0.1, 0.15) is 5.82 Å². The maximum absolute atomic E-state index is 5.54. The highest BCUT2D eigenvalue weighted by Crippen LogP contribution is 2.29. The molecular weight excluding hydrogens is 288 g/mol. The SMILES string of the molecule is CCn1ccnc1C(NCc1cnccc1C)C1CCOCC1. The van der Waals surface area contributed by atoms with Crippen LogP contribution in [0, 0.1) is 12.8 Å². The van der Waals surface area contributed by atoms with Crippen molar-refractivity contribution in [3.63, 3.8) is 0 Å². The second-order valence-corrected chi connectivity index (χ2v) is 6.18. The Balaban J connectivity index is 1.79. The molecule has 3 rings (SSSR count). The standard InChI is InChI=1S/C18H26N4O/c1-3-22-9-8-20-18(22)17(15-5-10-23-11-6-15)21-13-16-12-19-7-4-14(16)2/h4,7-9,12,15,17,21H,3,5-6,10-11,13H2,1-2H3. The Kier molecular flexibility index (Phi) is 5.41. The first kappa shape index (κ1) is 16.1. The van der Waals surface area contributed by atoms with E-state index in [9.17, 15) is 0 Å². The average Bonchev–Trinajstić information content (AvgIpc) is 3.06. The van der Waals surface area contributed by atoms with E-state index in [-0.39, 0.29) is 6.04 Å². The fraction of sp³-hybridized carbons (Fsp3) is 0.556. The van der Waals surface area contributed by atoms with Crippen LogP contribution >= 0.6 is 0 Å². The largest absolute Gasteiger partial charge is 0.381 e. The van der Waals surface area contributed by atoms with Gasteiger partial charge >= 0.3 is 0 Å². The third-order valence-electron chi connectivity index (χ3n) is 4.76. The summed E-state index contributed by atoms with van der Waals surface area (Å²) in [4.78, 5) is 8.89. The fourth-order valence-corrected chi connectivity index (χ4v) is 3.29. The second-order valence-electron chi connectivity index (χ2n) is 6.18. The molecule has 1 fully saturated rings. The van der Waals surface area contributed by atoms with Crippen molar-refractivity contribution in [1.82, 2.24) is 19.9 Å². The summed E-state index contributed by atoms with van der Waals surface area (Å²) in [5.74, 6) is 1.70. The highest BCUT2D eigenvalue weighted by molar-refractivity contribution is 5.21. The number of nitrogens with one attached hydrogen (secondary N) is 1. The van der Waals surface area contributed by atoms with Gasteiger partial charge in [0, 0.05) is 51.1 Å². The van der Waals surface area contributed by atoms with Crippen LogP contribution in [0.3, 0.4) is 0 Å². The van der Waals surface area contributed by atoms with Crippen molar-refractivity contribution in [3.05, 3.63) is 47.8 Å². The molecule has 23 heavy (non-hydrogen) atoms. The number of imidazole rings is 1. The smallest absolute Gasteiger partial charge is 0.126 e. The Morgan fingerprint density at radius 1 is 1.35 bits per heavy atom. The molecule has 0 radical (unpaired) electrons. The van der Waals surface area contributed by atoms with E-state index in [1.807, 2.05) is 18.6 Å². The molecule has 0 bridgehead atoms. The average molecular weight is 314 g/mol. The minimum Gasteiger partial charge on any atom is -0.381 e. The molecule has 1 aliphatic rings. The predicted octanol–water partition coefficient (Wildman–Crippen LogP) is 2.86. The Bertz CT molecular complexity index is 619. The molecule has 0 aromatic carbocycles. The number of ether oxygens (including phenoxy) is 1. The van der Waals surface area contributed by atoms with Gasteiger partial charge in [-0.2, -0.15) is 0 Å². The Morgan fingerprint density at radius 2 is 2.17 bits per heavy atom. The molecule has 0 aliphatic carbocycles. The lowest BCUT2D eigenvalue weighted by atomic mass is 9.90. The van der Waals surface area contributed by atoms with Crippen molar-refractivity contribution in [3.8, 4) is 0 Å². The Morgan fingerprint density at radius 3 is 2.91 bits per heavy atom. The quantitative estimate of drug-likeness (QED) is 0.891. The number of hydrogen-bond donors (Lipinski definition) is 1. The number of hydrogen-bond acceptors (Lipinski definition) is 4. The summed E-state index contributed by atoms with van der Waals surface area (Å²) in [6, 6.07) is 2.32. The molecule has 5 heteroatoms. The van der Waals surface area contributed by atoms with E-state index in [0.29, 0.717) is 5.92 Å². The number of rotatable bonds is 6. The molecule has 2 aromatic rings. The third-order valence-corrected chi connectivity index (χ3v) is 4.76. The number of aryl methyl sites for hydroxylation is 2. The van der Waals surface area contributed by atoms with Gasteiger partial charge in [0.25, 0.3) is 0 Å². The number of nitrogens with zero attached hydrogens (tertiary/aromatic N) is 3. The van der Waals surface area contributed by atoms with E-state index in [4.69, 9.17) is 4.74 Å². The van der Waals surface area contributed by atoms with Crippen molar-refractivity contribution in [2.24, 2.45) is 5.92 Å². The van der Waals surface area contributed by atoms with Gasteiger partial charge in [0.2, 0.25) is 0 Å². The van der Waals surface area contributed by atoms with Crippen LogP contribution in [0.1, 0.15) is 42.8 Å². The lowest BCUT2D eigenvalue weighted by Crippen LogP contribution is -2.34. The van der Waals surface area contributed by atoms with Gasteiger partial charge in [-0.3, -0.25) is 4.98 Å². The molecule has 124 valence electrons. The van der Waals surface area contributed by atoms with E-state index < -0.39 is 0 Å². The van der Waals surface area contributed by atoms with E-state index in [1.54, 1.807) is 0 Å². The van der Waals surface area contributed by atoms with Crippen molar-refractivity contribution in [2.45, 2.75) is 45.8 Å². The monoisotopic (exact) mass is 314 g/mol. The fourth-order valence-electron chi connectivity index (χ4n) is 3.29. The summed E-state index contributed by atoms with van der Waals surface area (Å²) in [7, 11) is 0. The predicted molar refractivity (Wildman–Crippen MR) is 90.0 cm³/mol. The van der Waals surface area contributed by atoms with Crippen LogP contribution in [0.25, 0.3) is 0 Å². The molecular formula is C18H26N4O. The second kappa shape index (κ2) is 7.70. The first-order valence-corrected chi connectivity index (χ1v) is 8.51. The topological polar surface area (TPSA) is 52.0 Å². The molecule has 0 saturated carbocycles. The van der Waals surface area contributed by atoms with Crippen molar-refractivity contribution in [1.29, 1.82) is 0 Å². The molecule has 1 aliphatic heterocycles. The summed E-state index contributed by atoms with van der Waals surface area (Å²) in [5.41, 5.74) is 2.52. The van der Waals surface area contributed by atoms with Crippen LogP contribution in [-0.2, 0) is 17.8 Å². The van der Waals surface area contributed by atoms with Gasteiger partial charge in [-0.05, 0) is 49.8 Å². The molecule has 1 N–H and O–H groups in total. The first-order valence-electron chi connectivity index (χ1n) is 8.51. The van der Waals surface area contributed by atoms with Crippen LogP contribution in [0.4, 0.5) is 0 Å². The van der Waals surface area contributed by atoms with Crippen molar-refractivity contribution >= 4 is 0 Å². The zero-order valence-electron chi connectivity index (χ0n) is 14.0. The molecule has 3 heterocycles. The van der Waals surface area contributed by atoms with Crippen LogP contribution < -0.4 is 5.32 Å². The molecule has 1 atom stereocenters. The van der Waals surface area contributed by atoms with Crippen molar-refractivity contribution in [2.75, 3.05) is 13.2 Å². The molecule has 1 unspecified atom stereocenters. The van der Waals surface area contributed by atoms with Gasteiger partial charge in [0.15, 0.2) is 0 Å². The lowest BCUT2D eigenvalue weighted by Gasteiger charge is -2.31. The summed E-state index contributed by atoms with van der Waals surface area (Å²) >= 11 is 0. The normalized spacial score (nSPS) is 17.3. The highest BCUT2D eigenvalue weighted by Gasteiger charge is 2.28. The van der Waals surface area contributed by atoms with Crippen LogP contribution in [0.2, 0.25) is 0 Å². The van der Waals surface area contributed by atoms with Crippen molar-refractivity contribution < 1.29 is 4.74 Å². The van der Waals surface area contributed by atoms with Gasteiger partial charge in [-0.15, -0.1) is 0 Å². The van der Waals surface area contributed by atoms with E-state index in [0.717, 1.165) is 45.0 Å². The molecule has 1 saturated heterocycles. The number of aromatic nitrogens is 3. The Labute approximate surface area is 138 Å². The zero-order chi connectivity index (χ0) is 16.1.